The average molecular weight is 351 g/mol. The van der Waals surface area contributed by atoms with Gasteiger partial charge < -0.3 is 9.64 Å². The van der Waals surface area contributed by atoms with E-state index in [9.17, 15) is 4.79 Å². The molecule has 1 aromatic heterocycles. The van der Waals surface area contributed by atoms with Gasteiger partial charge in [-0.25, -0.2) is 9.78 Å². The van der Waals surface area contributed by atoms with Crippen molar-refractivity contribution in [3.05, 3.63) is 65.4 Å². The normalized spacial score (nSPS) is 15.8. The summed E-state index contributed by atoms with van der Waals surface area (Å²) in [6.45, 7) is 7.16. The van der Waals surface area contributed by atoms with Gasteiger partial charge in [-0.15, -0.1) is 0 Å². The topological polar surface area (TPSA) is 45.7 Å². The Hall–Kier alpha value is -2.66. The van der Waals surface area contributed by atoms with E-state index in [4.69, 9.17) is 4.74 Å². The van der Waals surface area contributed by atoms with Gasteiger partial charge in [0.1, 0.15) is 5.82 Å². The smallest absolute Gasteiger partial charge is 0.337 e. The number of aromatic nitrogens is 1. The van der Waals surface area contributed by atoms with E-state index in [2.05, 4.69) is 33.8 Å². The first-order valence-electron chi connectivity index (χ1n) is 8.89. The zero-order valence-corrected chi connectivity index (χ0v) is 15.4. The number of hydrogen-bond acceptors (Lipinski definition) is 5. The summed E-state index contributed by atoms with van der Waals surface area (Å²) in [7, 11) is 1.40. The van der Waals surface area contributed by atoms with Crippen molar-refractivity contribution in [2.75, 3.05) is 44.7 Å². The summed E-state index contributed by atoms with van der Waals surface area (Å²) in [6, 6.07) is 13.6. The summed E-state index contributed by atoms with van der Waals surface area (Å²) in [5, 5.41) is 0. The number of methoxy groups -OCH3 is 1. The van der Waals surface area contributed by atoms with Crippen LogP contribution in [0.4, 0.5) is 5.82 Å². The monoisotopic (exact) mass is 351 g/mol. The van der Waals surface area contributed by atoms with Gasteiger partial charge >= 0.3 is 5.97 Å². The van der Waals surface area contributed by atoms with Gasteiger partial charge in [0.25, 0.3) is 0 Å². The number of esters is 1. The fourth-order valence-corrected chi connectivity index (χ4v) is 3.19. The Morgan fingerprint density at radius 1 is 1.12 bits per heavy atom. The number of anilines is 1. The Morgan fingerprint density at radius 3 is 2.46 bits per heavy atom. The lowest BCUT2D eigenvalue weighted by molar-refractivity contribution is 0.0600. The Morgan fingerprint density at radius 2 is 1.85 bits per heavy atom. The summed E-state index contributed by atoms with van der Waals surface area (Å²) in [6.07, 6.45) is 4.02. The Labute approximate surface area is 154 Å². The molecule has 3 rings (SSSR count). The molecule has 136 valence electrons. The van der Waals surface area contributed by atoms with E-state index in [1.54, 1.807) is 12.1 Å². The van der Waals surface area contributed by atoms with Crippen molar-refractivity contribution in [3.8, 4) is 0 Å². The van der Waals surface area contributed by atoms with Gasteiger partial charge in [-0.05, 0) is 36.8 Å². The molecule has 2 aromatic rings. The van der Waals surface area contributed by atoms with Crippen molar-refractivity contribution in [1.29, 1.82) is 0 Å². The van der Waals surface area contributed by atoms with Crippen LogP contribution in [0, 0.1) is 0 Å². The molecule has 1 aliphatic rings. The molecule has 1 fully saturated rings. The van der Waals surface area contributed by atoms with Crippen molar-refractivity contribution in [2.24, 2.45) is 0 Å². The molecular weight excluding hydrogens is 326 g/mol. The first-order valence-corrected chi connectivity index (χ1v) is 8.89. The molecule has 1 saturated heterocycles. The molecule has 1 aliphatic heterocycles. The van der Waals surface area contributed by atoms with Gasteiger partial charge in [-0.2, -0.15) is 0 Å². The van der Waals surface area contributed by atoms with Crippen molar-refractivity contribution in [1.82, 2.24) is 9.88 Å². The number of carbonyl (C=O) groups is 1. The molecule has 0 bridgehead atoms. The Bertz CT molecular complexity index is 749. The number of benzene rings is 1. The van der Waals surface area contributed by atoms with E-state index < -0.39 is 0 Å². The number of rotatable bonds is 5. The highest BCUT2D eigenvalue weighted by molar-refractivity contribution is 5.89. The summed E-state index contributed by atoms with van der Waals surface area (Å²) >= 11 is 0. The van der Waals surface area contributed by atoms with Gasteiger partial charge in [0.05, 0.1) is 12.7 Å². The van der Waals surface area contributed by atoms with Gasteiger partial charge in [-0.1, -0.05) is 29.8 Å². The summed E-state index contributed by atoms with van der Waals surface area (Å²) in [5.74, 6) is 0.758. The minimum Gasteiger partial charge on any atom is -0.465 e. The molecule has 26 heavy (non-hydrogen) atoms. The zero-order chi connectivity index (χ0) is 18.4. The zero-order valence-electron chi connectivity index (χ0n) is 15.4. The largest absolute Gasteiger partial charge is 0.465 e. The van der Waals surface area contributed by atoms with Crippen LogP contribution >= 0.6 is 0 Å². The predicted molar refractivity (Wildman–Crippen MR) is 104 cm³/mol. The number of hydrogen-bond donors (Lipinski definition) is 0. The van der Waals surface area contributed by atoms with Crippen molar-refractivity contribution < 1.29 is 9.53 Å². The number of pyridine rings is 1. The maximum Gasteiger partial charge on any atom is 0.337 e. The van der Waals surface area contributed by atoms with Crippen LogP contribution < -0.4 is 4.90 Å². The molecule has 0 amide bonds. The molecule has 0 aliphatic carbocycles. The molecule has 5 heteroatoms. The number of carbonyl (C=O) groups excluding carboxylic acids is 1. The molecule has 0 spiro atoms. The molecule has 1 aromatic carbocycles. The fourth-order valence-electron chi connectivity index (χ4n) is 3.19. The third-order valence-corrected chi connectivity index (χ3v) is 4.56. The molecule has 0 atom stereocenters. The van der Waals surface area contributed by atoms with E-state index in [1.165, 1.54) is 12.7 Å². The van der Waals surface area contributed by atoms with Crippen LogP contribution in [0.15, 0.2) is 54.2 Å². The van der Waals surface area contributed by atoms with Crippen molar-refractivity contribution in [3.63, 3.8) is 0 Å². The van der Waals surface area contributed by atoms with Crippen LogP contribution in [0.2, 0.25) is 0 Å². The highest BCUT2D eigenvalue weighted by Crippen LogP contribution is 2.15. The number of piperazine rings is 1. The number of ether oxygens (including phenoxy) is 1. The van der Waals surface area contributed by atoms with E-state index in [-0.39, 0.29) is 5.97 Å². The van der Waals surface area contributed by atoms with E-state index in [0.29, 0.717) is 5.56 Å². The molecule has 2 heterocycles. The van der Waals surface area contributed by atoms with Gasteiger partial charge in [0, 0.05) is 38.9 Å². The minimum atomic E-state index is -0.303. The van der Waals surface area contributed by atoms with Gasteiger partial charge in [0.2, 0.25) is 0 Å². The molecule has 0 unspecified atom stereocenters. The number of nitrogens with zero attached hydrogens (tertiary/aromatic N) is 3. The van der Waals surface area contributed by atoms with E-state index >= 15 is 0 Å². The first kappa shape index (κ1) is 18.1. The molecule has 0 N–H and O–H groups in total. The summed E-state index contributed by atoms with van der Waals surface area (Å²) in [5.41, 5.74) is 2.98. The summed E-state index contributed by atoms with van der Waals surface area (Å²) in [4.78, 5) is 20.7. The van der Waals surface area contributed by atoms with Crippen LogP contribution in [-0.2, 0) is 4.74 Å². The van der Waals surface area contributed by atoms with E-state index in [0.717, 1.165) is 44.1 Å². The lowest BCUT2D eigenvalue weighted by Crippen LogP contribution is -2.47. The van der Waals surface area contributed by atoms with Gasteiger partial charge in [0.15, 0.2) is 0 Å². The second-order valence-corrected chi connectivity index (χ2v) is 6.56. The molecule has 5 nitrogen and oxygen atoms in total. The second-order valence-electron chi connectivity index (χ2n) is 6.56. The van der Waals surface area contributed by atoms with Crippen LogP contribution in [0.3, 0.4) is 0 Å². The first-order chi connectivity index (χ1) is 12.7. The summed E-state index contributed by atoms with van der Waals surface area (Å²) < 4.78 is 4.73. The van der Waals surface area contributed by atoms with E-state index in [1.807, 2.05) is 30.5 Å². The quantitative estimate of drug-likeness (QED) is 0.775. The average Bonchev–Trinajstić information content (AvgIpc) is 2.69. The lowest BCUT2D eigenvalue weighted by Gasteiger charge is -2.35. The van der Waals surface area contributed by atoms with Crippen molar-refractivity contribution >= 4 is 17.9 Å². The molecular formula is C21H25N3O2. The highest BCUT2D eigenvalue weighted by Gasteiger charge is 2.17. The lowest BCUT2D eigenvalue weighted by atomic mass is 10.1. The second kappa shape index (κ2) is 8.63. The third-order valence-electron chi connectivity index (χ3n) is 4.56. The highest BCUT2D eigenvalue weighted by atomic mass is 16.5. The van der Waals surface area contributed by atoms with Crippen LogP contribution in [0.1, 0.15) is 22.8 Å². The maximum atomic E-state index is 11.5. The van der Waals surface area contributed by atoms with Crippen LogP contribution in [0.5, 0.6) is 0 Å². The van der Waals surface area contributed by atoms with Gasteiger partial charge in [-0.3, -0.25) is 4.90 Å². The van der Waals surface area contributed by atoms with Crippen LogP contribution in [-0.4, -0.2) is 55.7 Å². The maximum absolute atomic E-state index is 11.5. The third kappa shape index (κ3) is 4.70. The minimum absolute atomic E-state index is 0.303. The Balaban J connectivity index is 1.53. The standard InChI is InChI=1S/C21H25N3O2/c1-17(15-18-6-8-19(9-7-18)21(25)26-2)16-23-11-13-24(14-12-23)20-5-3-4-10-22-20/h3-10,15H,11-14,16H2,1-2H3/b17-15+. The molecule has 0 radical (unpaired) electrons. The van der Waals surface area contributed by atoms with Crippen LogP contribution in [0.25, 0.3) is 6.08 Å². The fraction of sp³-hybridized carbons (Fsp3) is 0.333. The Kier molecular flexibility index (Phi) is 6.02. The molecule has 0 saturated carbocycles. The predicted octanol–water partition coefficient (Wildman–Crippen LogP) is 3.09. The SMILES string of the molecule is COC(=O)c1ccc(/C=C(\C)CN2CCN(c3ccccn3)CC2)cc1. The van der Waals surface area contributed by atoms with Crippen molar-refractivity contribution in [2.45, 2.75) is 6.92 Å².